The maximum atomic E-state index is 9.81. The molecule has 1 saturated carbocycles. The van der Waals surface area contributed by atoms with Gasteiger partial charge in [-0.3, -0.25) is 0 Å². The summed E-state index contributed by atoms with van der Waals surface area (Å²) < 4.78 is 5.64. The standard InChI is InChI=1S/C15H23NO2/c1-12-6-8-13(9-7-12)18-11-10-16-14-4-2-3-5-15(14)17/h6-9,14-17H,2-5,10-11H2,1H3/t14-,15-/m1/s1. The molecule has 0 aliphatic heterocycles. The Morgan fingerprint density at radius 3 is 2.67 bits per heavy atom. The largest absolute Gasteiger partial charge is 0.492 e. The summed E-state index contributed by atoms with van der Waals surface area (Å²) in [5.74, 6) is 0.909. The molecule has 1 aromatic rings. The van der Waals surface area contributed by atoms with E-state index in [9.17, 15) is 5.11 Å². The third kappa shape index (κ3) is 4.00. The van der Waals surface area contributed by atoms with Gasteiger partial charge in [0.15, 0.2) is 0 Å². The number of aliphatic hydroxyl groups excluding tert-OH is 1. The summed E-state index contributed by atoms with van der Waals surface area (Å²) in [6, 6.07) is 8.33. The number of nitrogens with one attached hydrogen (secondary N) is 1. The predicted octanol–water partition coefficient (Wildman–Crippen LogP) is 2.27. The first-order chi connectivity index (χ1) is 8.75. The Balaban J connectivity index is 1.65. The quantitative estimate of drug-likeness (QED) is 0.787. The SMILES string of the molecule is Cc1ccc(OCCN[C@@H]2CCCC[C@H]2O)cc1. The molecule has 0 unspecified atom stereocenters. The molecule has 0 saturated heterocycles. The van der Waals surface area contributed by atoms with Crippen LogP contribution in [0.5, 0.6) is 5.75 Å². The highest BCUT2D eigenvalue weighted by molar-refractivity contribution is 5.26. The number of hydrogen-bond acceptors (Lipinski definition) is 3. The molecule has 0 bridgehead atoms. The van der Waals surface area contributed by atoms with Crippen molar-refractivity contribution in [3.05, 3.63) is 29.8 Å². The number of aliphatic hydroxyl groups is 1. The second kappa shape index (κ2) is 6.76. The highest BCUT2D eigenvalue weighted by Crippen LogP contribution is 2.18. The van der Waals surface area contributed by atoms with Crippen LogP contribution in [0.25, 0.3) is 0 Å². The van der Waals surface area contributed by atoms with Crippen molar-refractivity contribution < 1.29 is 9.84 Å². The minimum Gasteiger partial charge on any atom is -0.492 e. The molecule has 18 heavy (non-hydrogen) atoms. The molecule has 2 rings (SSSR count). The van der Waals surface area contributed by atoms with Crippen LogP contribution in [0.3, 0.4) is 0 Å². The van der Waals surface area contributed by atoms with E-state index in [0.717, 1.165) is 31.6 Å². The van der Waals surface area contributed by atoms with Crippen molar-refractivity contribution in [1.29, 1.82) is 0 Å². The summed E-state index contributed by atoms with van der Waals surface area (Å²) in [5, 5.41) is 13.2. The van der Waals surface area contributed by atoms with Gasteiger partial charge in [-0.25, -0.2) is 0 Å². The summed E-state index contributed by atoms with van der Waals surface area (Å²) in [4.78, 5) is 0. The Morgan fingerprint density at radius 2 is 1.94 bits per heavy atom. The summed E-state index contributed by atoms with van der Waals surface area (Å²) in [6.07, 6.45) is 4.19. The summed E-state index contributed by atoms with van der Waals surface area (Å²) >= 11 is 0. The predicted molar refractivity (Wildman–Crippen MR) is 72.9 cm³/mol. The highest BCUT2D eigenvalue weighted by atomic mass is 16.5. The molecule has 1 aliphatic carbocycles. The molecule has 0 radical (unpaired) electrons. The van der Waals surface area contributed by atoms with E-state index >= 15 is 0 Å². The molecule has 1 aromatic carbocycles. The Labute approximate surface area is 109 Å². The molecule has 100 valence electrons. The highest BCUT2D eigenvalue weighted by Gasteiger charge is 2.21. The average Bonchev–Trinajstić information content (AvgIpc) is 2.39. The van der Waals surface area contributed by atoms with Gasteiger partial charge < -0.3 is 15.2 Å². The van der Waals surface area contributed by atoms with E-state index in [1.807, 2.05) is 24.3 Å². The fourth-order valence-electron chi connectivity index (χ4n) is 2.40. The minimum atomic E-state index is -0.182. The molecule has 2 atom stereocenters. The fourth-order valence-corrected chi connectivity index (χ4v) is 2.40. The van der Waals surface area contributed by atoms with Crippen LogP contribution in [-0.2, 0) is 0 Å². The van der Waals surface area contributed by atoms with E-state index in [1.54, 1.807) is 0 Å². The van der Waals surface area contributed by atoms with E-state index in [4.69, 9.17) is 4.74 Å². The minimum absolute atomic E-state index is 0.182. The lowest BCUT2D eigenvalue weighted by Crippen LogP contribution is -2.43. The van der Waals surface area contributed by atoms with Gasteiger partial charge in [0.2, 0.25) is 0 Å². The second-order valence-electron chi connectivity index (χ2n) is 5.07. The normalized spacial score (nSPS) is 23.9. The van der Waals surface area contributed by atoms with Gasteiger partial charge in [-0.1, -0.05) is 30.5 Å². The van der Waals surface area contributed by atoms with Crippen LogP contribution >= 0.6 is 0 Å². The van der Waals surface area contributed by atoms with E-state index in [0.29, 0.717) is 6.61 Å². The van der Waals surface area contributed by atoms with Gasteiger partial charge in [0.05, 0.1) is 6.10 Å². The molecule has 2 N–H and O–H groups in total. The van der Waals surface area contributed by atoms with Crippen molar-refractivity contribution in [3.63, 3.8) is 0 Å². The Kier molecular flexibility index (Phi) is 5.02. The topological polar surface area (TPSA) is 41.5 Å². The van der Waals surface area contributed by atoms with Gasteiger partial charge in [-0.2, -0.15) is 0 Å². The average molecular weight is 249 g/mol. The van der Waals surface area contributed by atoms with Crippen LogP contribution in [0.1, 0.15) is 31.2 Å². The van der Waals surface area contributed by atoms with Crippen molar-refractivity contribution in [3.8, 4) is 5.75 Å². The van der Waals surface area contributed by atoms with Crippen LogP contribution in [0, 0.1) is 6.92 Å². The van der Waals surface area contributed by atoms with Crippen LogP contribution in [0.4, 0.5) is 0 Å². The zero-order valence-corrected chi connectivity index (χ0v) is 11.1. The number of aryl methyl sites for hydroxylation is 1. The molecule has 1 aliphatic rings. The van der Waals surface area contributed by atoms with Crippen molar-refractivity contribution in [2.75, 3.05) is 13.2 Å². The maximum Gasteiger partial charge on any atom is 0.119 e. The zero-order chi connectivity index (χ0) is 12.8. The van der Waals surface area contributed by atoms with Crippen molar-refractivity contribution in [2.45, 2.75) is 44.8 Å². The van der Waals surface area contributed by atoms with E-state index in [1.165, 1.54) is 12.0 Å². The molecule has 3 nitrogen and oxygen atoms in total. The molecule has 0 spiro atoms. The first-order valence-electron chi connectivity index (χ1n) is 6.86. The van der Waals surface area contributed by atoms with Crippen molar-refractivity contribution >= 4 is 0 Å². The van der Waals surface area contributed by atoms with Crippen molar-refractivity contribution in [1.82, 2.24) is 5.32 Å². The van der Waals surface area contributed by atoms with Gasteiger partial charge in [0.1, 0.15) is 12.4 Å². The van der Waals surface area contributed by atoms with Crippen LogP contribution in [-0.4, -0.2) is 30.4 Å². The molecule has 0 aromatic heterocycles. The van der Waals surface area contributed by atoms with Gasteiger partial charge in [0.25, 0.3) is 0 Å². The third-order valence-corrected chi connectivity index (χ3v) is 3.53. The molecule has 3 heteroatoms. The fraction of sp³-hybridized carbons (Fsp3) is 0.600. The third-order valence-electron chi connectivity index (χ3n) is 3.53. The van der Waals surface area contributed by atoms with E-state index in [2.05, 4.69) is 12.2 Å². The lowest BCUT2D eigenvalue weighted by atomic mass is 9.93. The van der Waals surface area contributed by atoms with Crippen molar-refractivity contribution in [2.24, 2.45) is 0 Å². The monoisotopic (exact) mass is 249 g/mol. The zero-order valence-electron chi connectivity index (χ0n) is 11.1. The number of hydrogen-bond donors (Lipinski definition) is 2. The van der Waals surface area contributed by atoms with Gasteiger partial charge in [-0.05, 0) is 31.9 Å². The van der Waals surface area contributed by atoms with Crippen LogP contribution in [0.2, 0.25) is 0 Å². The van der Waals surface area contributed by atoms with E-state index < -0.39 is 0 Å². The molecular weight excluding hydrogens is 226 g/mol. The second-order valence-corrected chi connectivity index (χ2v) is 5.07. The summed E-state index contributed by atoms with van der Waals surface area (Å²) in [7, 11) is 0. The van der Waals surface area contributed by atoms with Gasteiger partial charge in [0, 0.05) is 12.6 Å². The van der Waals surface area contributed by atoms with Gasteiger partial charge >= 0.3 is 0 Å². The summed E-state index contributed by atoms with van der Waals surface area (Å²) in [5.41, 5.74) is 1.24. The lowest BCUT2D eigenvalue weighted by Gasteiger charge is -2.28. The molecule has 0 amide bonds. The van der Waals surface area contributed by atoms with E-state index in [-0.39, 0.29) is 12.1 Å². The smallest absolute Gasteiger partial charge is 0.119 e. The number of benzene rings is 1. The first-order valence-corrected chi connectivity index (χ1v) is 6.86. The van der Waals surface area contributed by atoms with Gasteiger partial charge in [-0.15, -0.1) is 0 Å². The number of ether oxygens (including phenoxy) is 1. The number of rotatable bonds is 5. The maximum absolute atomic E-state index is 9.81. The lowest BCUT2D eigenvalue weighted by molar-refractivity contribution is 0.0890. The Morgan fingerprint density at radius 1 is 1.22 bits per heavy atom. The molecular formula is C15H23NO2. The first kappa shape index (κ1) is 13.4. The molecule has 0 heterocycles. The Bertz CT molecular complexity index is 350. The van der Waals surface area contributed by atoms with Crippen LogP contribution in [0.15, 0.2) is 24.3 Å². The molecule has 1 fully saturated rings. The van der Waals surface area contributed by atoms with Crippen LogP contribution < -0.4 is 10.1 Å². The summed E-state index contributed by atoms with van der Waals surface area (Å²) in [6.45, 7) is 3.50. The Hall–Kier alpha value is -1.06.